The summed E-state index contributed by atoms with van der Waals surface area (Å²) in [7, 11) is -4.50. The summed E-state index contributed by atoms with van der Waals surface area (Å²) in [5.74, 6) is -1.84. The minimum Gasteiger partial charge on any atom is -0.744 e. The topological polar surface area (TPSA) is 215 Å². The van der Waals surface area contributed by atoms with Crippen molar-refractivity contribution in [3.63, 3.8) is 0 Å². The Hall–Kier alpha value is -7.64. The second-order valence-corrected chi connectivity index (χ2v) is 17.0. The van der Waals surface area contributed by atoms with Crippen molar-refractivity contribution in [2.75, 3.05) is 0 Å². The maximum absolute atomic E-state index is 12.1. The van der Waals surface area contributed by atoms with Crippen LogP contribution in [0.5, 0.6) is 0 Å². The molecule has 0 aliphatic rings. The number of aryl methyl sites for hydroxylation is 4. The molecule has 18 heteroatoms. The normalized spacial score (nSPS) is 11.5. The van der Waals surface area contributed by atoms with Crippen LogP contribution in [0.3, 0.4) is 0 Å². The van der Waals surface area contributed by atoms with Crippen LogP contribution in [0.25, 0.3) is 33.8 Å². The number of pyridine rings is 2. The maximum atomic E-state index is 12.1. The Balaban J connectivity index is 0.000000252. The van der Waals surface area contributed by atoms with E-state index in [1.807, 2.05) is 113 Å². The van der Waals surface area contributed by atoms with Gasteiger partial charge in [0.25, 0.3) is 11.3 Å². The molecule has 2 amide bonds. The number of carbonyl (C=O) groups excluding carboxylic acids is 2. The molecule has 0 atom stereocenters. The summed E-state index contributed by atoms with van der Waals surface area (Å²) in [6.07, 6.45) is 11.1. The minimum atomic E-state index is -4.27. The van der Waals surface area contributed by atoms with Crippen molar-refractivity contribution in [1.29, 1.82) is 0 Å². The second-order valence-electron chi connectivity index (χ2n) is 14.3. The van der Waals surface area contributed by atoms with E-state index < -0.39 is 32.1 Å². The quantitative estimate of drug-likeness (QED) is 0.0723. The van der Waals surface area contributed by atoms with E-state index in [-0.39, 0.29) is 9.79 Å². The smallest absolute Gasteiger partial charge is 0.331 e. The number of amides is 2. The zero-order chi connectivity index (χ0) is 46.0. The van der Waals surface area contributed by atoms with E-state index in [0.29, 0.717) is 0 Å². The fraction of sp³-hybridized carbons (Fsp3) is 0.0870. The molecule has 64 heavy (non-hydrogen) atoms. The molecule has 8 aromatic rings. The predicted octanol–water partition coefficient (Wildman–Crippen LogP) is 4.57. The van der Waals surface area contributed by atoms with E-state index in [1.165, 1.54) is 36.7 Å². The van der Waals surface area contributed by atoms with Gasteiger partial charge in [-0.25, -0.2) is 45.6 Å². The van der Waals surface area contributed by atoms with Gasteiger partial charge >= 0.3 is 11.8 Å². The minimum absolute atomic E-state index is 0.178. The summed E-state index contributed by atoms with van der Waals surface area (Å²) in [6.45, 7) is 3.64. The number of imidazole rings is 2. The summed E-state index contributed by atoms with van der Waals surface area (Å²) in [5, 5.41) is 7.79. The van der Waals surface area contributed by atoms with Gasteiger partial charge in [-0.3, -0.25) is 9.59 Å². The zero-order valence-corrected chi connectivity index (χ0v) is 36.6. The van der Waals surface area contributed by atoms with E-state index in [1.54, 1.807) is 24.3 Å². The highest BCUT2D eigenvalue weighted by Gasteiger charge is 2.17. The fourth-order valence-electron chi connectivity index (χ4n) is 6.22. The Morgan fingerprint density at radius 2 is 0.875 bits per heavy atom. The lowest BCUT2D eigenvalue weighted by Crippen LogP contribution is -2.35. The van der Waals surface area contributed by atoms with Crippen molar-refractivity contribution in [1.82, 2.24) is 20.0 Å². The number of hydrazone groups is 2. The van der Waals surface area contributed by atoms with Crippen LogP contribution in [0, 0.1) is 13.8 Å². The van der Waals surface area contributed by atoms with Crippen molar-refractivity contribution in [3.8, 4) is 22.5 Å². The number of nitrogens with zero attached hydrogens (tertiary/aromatic N) is 6. The van der Waals surface area contributed by atoms with Crippen LogP contribution in [-0.4, -0.2) is 59.3 Å². The van der Waals surface area contributed by atoms with Crippen LogP contribution < -0.4 is 19.7 Å². The molecule has 0 saturated heterocycles. The molecule has 0 radical (unpaired) electrons. The highest BCUT2D eigenvalue weighted by atomic mass is 32.2. The number of nitrogens with one attached hydrogen (secondary N) is 2. The van der Waals surface area contributed by atoms with Gasteiger partial charge in [-0.1, -0.05) is 71.8 Å². The Morgan fingerprint density at radius 1 is 0.531 bits per heavy atom. The van der Waals surface area contributed by atoms with E-state index in [2.05, 4.69) is 63.5 Å². The summed E-state index contributed by atoms with van der Waals surface area (Å²) in [5.41, 5.74) is 14.2. The van der Waals surface area contributed by atoms with Crippen molar-refractivity contribution in [3.05, 3.63) is 181 Å². The number of carbonyl (C=O) groups is 2. The number of hydrogen-bond acceptors (Lipinski definition) is 10. The van der Waals surface area contributed by atoms with Gasteiger partial charge in [0, 0.05) is 23.3 Å². The van der Waals surface area contributed by atoms with E-state index in [9.17, 15) is 35.5 Å². The van der Waals surface area contributed by atoms with Gasteiger partial charge in [-0.15, -0.1) is 0 Å². The molecule has 8 rings (SSSR count). The average Bonchev–Trinajstić information content (AvgIpc) is 3.80. The molecule has 4 heterocycles. The lowest BCUT2D eigenvalue weighted by Gasteiger charge is -2.05. The van der Waals surface area contributed by atoms with Crippen LogP contribution in [0.2, 0.25) is 0 Å². The van der Waals surface area contributed by atoms with Gasteiger partial charge in [-0.2, -0.15) is 10.2 Å². The SMILES string of the molecule is Cc1ccc(S(=O)(=O)[O-])cc1.Cc1ccc(S(=O)(=O)[O-])cc1.Cn1c(-c2ccc(/C=N\NC(=O)C(=O)N/N=C/c3ccc(-c4c[n+]5ccccc5n4C)cc3)cc2)c[n+]2ccccc12. The Bertz CT molecular complexity index is 3000. The zero-order valence-electron chi connectivity index (χ0n) is 34.9. The molecular weight excluding hydrogens is 857 g/mol. The molecule has 0 bridgehead atoms. The first-order valence-corrected chi connectivity index (χ1v) is 22.1. The van der Waals surface area contributed by atoms with E-state index in [4.69, 9.17) is 0 Å². The van der Waals surface area contributed by atoms with Gasteiger partial charge in [0.2, 0.25) is 0 Å². The van der Waals surface area contributed by atoms with Crippen LogP contribution in [0.15, 0.2) is 178 Å². The highest BCUT2D eigenvalue weighted by Crippen LogP contribution is 2.21. The monoisotopic (exact) mass is 898 g/mol. The molecule has 326 valence electrons. The third-order valence-electron chi connectivity index (χ3n) is 9.67. The fourth-order valence-corrected chi connectivity index (χ4v) is 7.16. The molecule has 16 nitrogen and oxygen atoms in total. The molecule has 2 N–H and O–H groups in total. The summed E-state index contributed by atoms with van der Waals surface area (Å²) >= 11 is 0. The van der Waals surface area contributed by atoms with Gasteiger partial charge in [0.05, 0.1) is 48.7 Å². The Kier molecular flexibility index (Phi) is 14.4. The maximum Gasteiger partial charge on any atom is 0.331 e. The van der Waals surface area contributed by atoms with Crippen molar-refractivity contribution >= 4 is 55.8 Å². The summed E-state index contributed by atoms with van der Waals surface area (Å²) in [4.78, 5) is 23.9. The molecule has 4 aromatic carbocycles. The standard InChI is InChI=1S/C32H26N8O2.2C7H8O3S/c1-37-27(21-39-17-5-3-7-29(37)39)25-13-9-23(10-14-25)19-33-35-31(41)32(42)36-34-20-24-11-15-26(16-12-24)28-22-40-18-6-4-8-30(40)38(28)2;2*1-6-2-4-7(5-3-6)11(8,9)10/h3-22H,1-2H3;2*2-5H,1H3,(H,8,9,10)/b33-19-,34-20+;;. The van der Waals surface area contributed by atoms with Crippen molar-refractivity contribution in [2.24, 2.45) is 24.3 Å². The van der Waals surface area contributed by atoms with Gasteiger partial charge in [0.1, 0.15) is 32.6 Å². The predicted molar refractivity (Wildman–Crippen MR) is 238 cm³/mol. The number of hydrogen-bond donors (Lipinski definition) is 2. The lowest BCUT2D eigenvalue weighted by molar-refractivity contribution is -0.510. The number of fused-ring (bicyclic) bond motifs is 2. The van der Waals surface area contributed by atoms with Gasteiger partial charge in [-0.05, 0) is 85.6 Å². The molecule has 0 saturated carbocycles. The first-order chi connectivity index (χ1) is 30.5. The number of rotatable bonds is 8. The van der Waals surface area contributed by atoms with Crippen molar-refractivity contribution in [2.45, 2.75) is 23.6 Å². The third kappa shape index (κ3) is 11.8. The van der Waals surface area contributed by atoms with E-state index in [0.717, 1.165) is 56.1 Å². The van der Waals surface area contributed by atoms with Gasteiger partial charge in [0.15, 0.2) is 11.4 Å². The Morgan fingerprint density at radius 3 is 1.19 bits per heavy atom. The first kappa shape index (κ1) is 45.9. The van der Waals surface area contributed by atoms with Gasteiger partial charge < -0.3 is 9.11 Å². The number of aromatic nitrogens is 4. The summed E-state index contributed by atoms with van der Waals surface area (Å²) < 4.78 is 70.7. The average molecular weight is 899 g/mol. The molecular formula is C46H42N8O8S2. The molecule has 0 fully saturated rings. The highest BCUT2D eigenvalue weighted by molar-refractivity contribution is 7.86. The molecule has 0 spiro atoms. The summed E-state index contributed by atoms with van der Waals surface area (Å²) in [6, 6.07) is 39.1. The van der Waals surface area contributed by atoms with Crippen LogP contribution >= 0.6 is 0 Å². The molecule has 0 aliphatic carbocycles. The van der Waals surface area contributed by atoms with Crippen LogP contribution in [0.1, 0.15) is 22.3 Å². The second kappa shape index (κ2) is 20.0. The largest absolute Gasteiger partial charge is 0.744 e. The molecule has 4 aromatic heterocycles. The third-order valence-corrected chi connectivity index (χ3v) is 11.4. The lowest BCUT2D eigenvalue weighted by atomic mass is 10.1. The first-order valence-electron chi connectivity index (χ1n) is 19.3. The van der Waals surface area contributed by atoms with Crippen molar-refractivity contribution < 1.29 is 44.3 Å². The van der Waals surface area contributed by atoms with Crippen LogP contribution in [-0.2, 0) is 43.9 Å². The van der Waals surface area contributed by atoms with E-state index >= 15 is 0 Å². The Labute approximate surface area is 369 Å². The number of benzene rings is 4. The molecule has 0 aliphatic heterocycles. The molecule has 0 unspecified atom stereocenters. The van der Waals surface area contributed by atoms with Crippen LogP contribution in [0.4, 0.5) is 0 Å².